The maximum atomic E-state index is 13.5. The molecule has 1 heterocycles. The molecule has 0 atom stereocenters. The van der Waals surface area contributed by atoms with E-state index < -0.39 is 49.7 Å². The lowest BCUT2D eigenvalue weighted by atomic mass is 10.3. The molecule has 1 saturated heterocycles. The molecule has 15 heteroatoms. The molecule has 22 heavy (non-hydrogen) atoms. The van der Waals surface area contributed by atoms with Crippen molar-refractivity contribution < 1.29 is 47.7 Å². The van der Waals surface area contributed by atoms with Crippen molar-refractivity contribution in [2.24, 2.45) is 0 Å². The second-order valence-corrected chi connectivity index (χ2v) is 8.77. The molecule has 1 fully saturated rings. The van der Waals surface area contributed by atoms with Crippen LogP contribution in [0.2, 0.25) is 0 Å². The van der Waals surface area contributed by atoms with E-state index in [2.05, 4.69) is 0 Å². The molecule has 132 valence electrons. The van der Waals surface area contributed by atoms with Crippen LogP contribution < -0.4 is 0 Å². The van der Waals surface area contributed by atoms with Crippen LogP contribution in [0, 0.1) is 0 Å². The summed E-state index contributed by atoms with van der Waals surface area (Å²) in [6.45, 7) is -1.26. The molecule has 0 unspecified atom stereocenters. The number of alkyl halides is 6. The van der Waals surface area contributed by atoms with E-state index >= 15 is 0 Å². The summed E-state index contributed by atoms with van der Waals surface area (Å²) in [5.41, 5.74) is 0. The maximum Gasteiger partial charge on any atom is 0.439 e. The van der Waals surface area contributed by atoms with Gasteiger partial charge in [-0.05, 0) is 0 Å². The molecule has 0 aromatic heterocycles. The van der Waals surface area contributed by atoms with Crippen LogP contribution in [0.25, 0.3) is 0 Å². The highest BCUT2D eigenvalue weighted by atomic mass is 32.2. The van der Waals surface area contributed by atoms with E-state index in [4.69, 9.17) is 4.55 Å². The highest BCUT2D eigenvalue weighted by Gasteiger charge is 2.82. The van der Waals surface area contributed by atoms with Gasteiger partial charge in [0.25, 0.3) is 10.0 Å². The van der Waals surface area contributed by atoms with Gasteiger partial charge in [-0.15, -0.1) is 0 Å². The van der Waals surface area contributed by atoms with Crippen molar-refractivity contribution in [2.45, 2.75) is 16.4 Å². The zero-order valence-corrected chi connectivity index (χ0v) is 12.8. The molecule has 1 N–H and O–H groups in total. The van der Waals surface area contributed by atoms with Gasteiger partial charge in [-0.2, -0.15) is 50.8 Å². The Bertz CT molecular complexity index is 627. The third kappa shape index (κ3) is 2.81. The summed E-state index contributed by atoms with van der Waals surface area (Å²) in [6.07, 6.45) is 0. The Kier molecular flexibility index (Phi) is 5.11. The molecule has 0 amide bonds. The van der Waals surface area contributed by atoms with E-state index in [9.17, 15) is 43.2 Å². The molecule has 0 radical (unpaired) electrons. The van der Waals surface area contributed by atoms with Gasteiger partial charge in [-0.3, -0.25) is 4.55 Å². The van der Waals surface area contributed by atoms with E-state index in [1.807, 2.05) is 0 Å². The second kappa shape index (κ2) is 5.68. The lowest BCUT2D eigenvalue weighted by Gasteiger charge is -2.34. The van der Waals surface area contributed by atoms with Gasteiger partial charge in [0, 0.05) is 24.6 Å². The number of thioether (sulfide) groups is 1. The van der Waals surface area contributed by atoms with Gasteiger partial charge in [-0.1, -0.05) is 0 Å². The van der Waals surface area contributed by atoms with E-state index in [1.165, 1.54) is 0 Å². The standard InChI is InChI=1S/C7H9F6NO5S3/c8-5(9,7(12,13)22(17,18)19)6(10,11)21(15,16)14-1-3-20-4-2-14/h1-4H2,(H,17,18,19). The number of rotatable bonds is 5. The Morgan fingerprint density at radius 1 is 0.864 bits per heavy atom. The van der Waals surface area contributed by atoms with Gasteiger partial charge in [-0.25, -0.2) is 8.42 Å². The van der Waals surface area contributed by atoms with Gasteiger partial charge in [0.2, 0.25) is 0 Å². The lowest BCUT2D eigenvalue weighted by Crippen LogP contribution is -2.63. The molecule has 0 spiro atoms. The molecule has 1 rings (SSSR count). The van der Waals surface area contributed by atoms with Crippen molar-refractivity contribution in [1.82, 2.24) is 4.31 Å². The summed E-state index contributed by atoms with van der Waals surface area (Å²) in [7, 11) is -13.3. The lowest BCUT2D eigenvalue weighted by molar-refractivity contribution is -0.246. The number of nitrogens with zero attached hydrogens (tertiary/aromatic N) is 1. The highest BCUT2D eigenvalue weighted by molar-refractivity contribution is 7.99. The maximum absolute atomic E-state index is 13.5. The molecule has 6 nitrogen and oxygen atoms in total. The first-order valence-corrected chi connectivity index (χ1v) is 9.32. The fourth-order valence-corrected chi connectivity index (χ4v) is 4.53. The molecule has 0 bridgehead atoms. The summed E-state index contributed by atoms with van der Waals surface area (Å²) >= 11 is 1.12. The topological polar surface area (TPSA) is 91.7 Å². The second-order valence-electron chi connectivity index (χ2n) is 4.10. The Labute approximate surface area is 125 Å². The van der Waals surface area contributed by atoms with Crippen LogP contribution in [-0.4, -0.2) is 66.7 Å². The SMILES string of the molecule is O=S(=O)(O)C(F)(F)C(F)(F)C(F)(F)S(=O)(=O)N1CCSCC1. The summed E-state index contributed by atoms with van der Waals surface area (Å²) in [4.78, 5) is 0. The average Bonchev–Trinajstić information content (AvgIpc) is 2.37. The Morgan fingerprint density at radius 2 is 1.27 bits per heavy atom. The first kappa shape index (κ1) is 19.8. The van der Waals surface area contributed by atoms with Crippen molar-refractivity contribution in [3.05, 3.63) is 0 Å². The molecule has 1 aliphatic rings. The van der Waals surface area contributed by atoms with Crippen LogP contribution >= 0.6 is 11.8 Å². The quantitative estimate of drug-likeness (QED) is 0.551. The Hall–Kier alpha value is -0.250. The van der Waals surface area contributed by atoms with E-state index in [1.54, 1.807) is 0 Å². The average molecular weight is 397 g/mol. The molecular formula is C7H9F6NO5S3. The number of halogens is 6. The monoisotopic (exact) mass is 397 g/mol. The Balaban J connectivity index is 3.37. The number of sulfonamides is 1. The van der Waals surface area contributed by atoms with Crippen LogP contribution in [0.15, 0.2) is 0 Å². The van der Waals surface area contributed by atoms with Crippen LogP contribution in [0.4, 0.5) is 26.3 Å². The fourth-order valence-electron chi connectivity index (χ4n) is 1.44. The van der Waals surface area contributed by atoms with E-state index in [0.717, 1.165) is 11.8 Å². The molecule has 0 saturated carbocycles. The minimum absolute atomic E-state index is 0.0322. The molecule has 0 aromatic rings. The van der Waals surface area contributed by atoms with Crippen molar-refractivity contribution in [2.75, 3.05) is 24.6 Å². The van der Waals surface area contributed by atoms with Crippen molar-refractivity contribution in [1.29, 1.82) is 0 Å². The third-order valence-corrected chi connectivity index (χ3v) is 6.49. The molecule has 1 aliphatic heterocycles. The summed E-state index contributed by atoms with van der Waals surface area (Å²) in [5, 5.41) is -13.1. The zero-order valence-electron chi connectivity index (χ0n) is 10.3. The van der Waals surface area contributed by atoms with Crippen LogP contribution in [0.5, 0.6) is 0 Å². The van der Waals surface area contributed by atoms with Crippen LogP contribution in [0.3, 0.4) is 0 Å². The number of hydrogen-bond donors (Lipinski definition) is 1. The van der Waals surface area contributed by atoms with Crippen molar-refractivity contribution >= 4 is 31.9 Å². The summed E-state index contributed by atoms with van der Waals surface area (Å²) < 4.78 is 131. The summed E-state index contributed by atoms with van der Waals surface area (Å²) in [6, 6.07) is 0. The largest absolute Gasteiger partial charge is 0.439 e. The molecule has 0 aromatic carbocycles. The van der Waals surface area contributed by atoms with Crippen LogP contribution in [-0.2, 0) is 20.1 Å². The normalized spacial score (nSPS) is 20.1. The minimum Gasteiger partial charge on any atom is -0.281 e. The van der Waals surface area contributed by atoms with Gasteiger partial charge in [0.05, 0.1) is 0 Å². The highest BCUT2D eigenvalue weighted by Crippen LogP contribution is 2.51. The van der Waals surface area contributed by atoms with E-state index in [-0.39, 0.29) is 15.8 Å². The van der Waals surface area contributed by atoms with Crippen molar-refractivity contribution in [3.8, 4) is 0 Å². The number of hydrogen-bond acceptors (Lipinski definition) is 5. The summed E-state index contributed by atoms with van der Waals surface area (Å²) in [5.74, 6) is -6.94. The first-order chi connectivity index (χ1) is 9.61. The molecule has 0 aliphatic carbocycles. The minimum atomic E-state index is -6.98. The van der Waals surface area contributed by atoms with Gasteiger partial charge >= 0.3 is 26.5 Å². The predicted octanol–water partition coefficient (Wildman–Crippen LogP) is 1.07. The smallest absolute Gasteiger partial charge is 0.281 e. The Morgan fingerprint density at radius 3 is 1.64 bits per heavy atom. The van der Waals surface area contributed by atoms with Gasteiger partial charge in [0.1, 0.15) is 0 Å². The zero-order chi connectivity index (χ0) is 17.6. The third-order valence-electron chi connectivity index (χ3n) is 2.69. The van der Waals surface area contributed by atoms with Crippen molar-refractivity contribution in [3.63, 3.8) is 0 Å². The first-order valence-electron chi connectivity index (χ1n) is 5.28. The van der Waals surface area contributed by atoms with Gasteiger partial charge in [0.15, 0.2) is 0 Å². The predicted molar refractivity (Wildman–Crippen MR) is 64.2 cm³/mol. The molecular weight excluding hydrogens is 388 g/mol. The van der Waals surface area contributed by atoms with E-state index in [0.29, 0.717) is 0 Å². The van der Waals surface area contributed by atoms with Gasteiger partial charge < -0.3 is 0 Å². The van der Waals surface area contributed by atoms with Crippen LogP contribution in [0.1, 0.15) is 0 Å². The fraction of sp³-hybridized carbons (Fsp3) is 1.00.